The van der Waals surface area contributed by atoms with E-state index < -0.39 is 0 Å². The number of imide groups is 2. The average Bonchev–Trinajstić information content (AvgIpc) is 2.91. The zero-order chi connectivity index (χ0) is 20.0. The summed E-state index contributed by atoms with van der Waals surface area (Å²) in [7, 11) is 0. The molecule has 0 radical (unpaired) electrons. The summed E-state index contributed by atoms with van der Waals surface area (Å²) < 4.78 is 0. The fourth-order valence-electron chi connectivity index (χ4n) is 3.78. The van der Waals surface area contributed by atoms with Gasteiger partial charge in [-0.1, -0.05) is 48.5 Å². The lowest BCUT2D eigenvalue weighted by Gasteiger charge is -2.28. The highest BCUT2D eigenvalue weighted by Crippen LogP contribution is 2.37. The Bertz CT molecular complexity index is 573. The van der Waals surface area contributed by atoms with E-state index in [2.05, 4.69) is 0 Å². The Hall–Kier alpha value is -1.72. The first-order valence-electron chi connectivity index (χ1n) is 9.42. The van der Waals surface area contributed by atoms with Gasteiger partial charge in [-0.05, 0) is 16.7 Å². The highest BCUT2D eigenvalue weighted by atomic mass is 16.2. The van der Waals surface area contributed by atoms with Gasteiger partial charge in [-0.3, -0.25) is 29.0 Å². The molecule has 2 aliphatic heterocycles. The van der Waals surface area contributed by atoms with Crippen molar-refractivity contribution in [3.8, 4) is 0 Å². The van der Waals surface area contributed by atoms with Crippen molar-refractivity contribution in [2.75, 3.05) is 13.1 Å². The Labute approximate surface area is 156 Å². The first-order chi connectivity index (χ1) is 11.7. The van der Waals surface area contributed by atoms with Crippen molar-refractivity contribution in [1.29, 1.82) is 0 Å². The molecule has 0 aromatic carbocycles. The first kappa shape index (κ1) is 20.6. The van der Waals surface area contributed by atoms with Crippen LogP contribution >= 0.6 is 0 Å². The number of amides is 4. The molecule has 2 fully saturated rings. The van der Waals surface area contributed by atoms with Crippen molar-refractivity contribution in [3.05, 3.63) is 0 Å². The molecule has 2 atom stereocenters. The molecule has 0 aromatic rings. The summed E-state index contributed by atoms with van der Waals surface area (Å²) in [5, 5.41) is 0. The first-order valence-corrected chi connectivity index (χ1v) is 9.42. The second kappa shape index (κ2) is 6.78. The molecule has 0 N–H and O–H groups in total. The number of hydrogen-bond acceptors (Lipinski definition) is 4. The number of hydrogen-bond donors (Lipinski definition) is 0. The second-order valence-electron chi connectivity index (χ2n) is 10.0. The molecule has 2 aliphatic rings. The van der Waals surface area contributed by atoms with Crippen LogP contribution in [0.1, 0.15) is 61.3 Å². The molecular weight excluding hydrogens is 332 g/mol. The third-order valence-corrected chi connectivity index (χ3v) is 5.57. The normalized spacial score (nSPS) is 26.3. The summed E-state index contributed by atoms with van der Waals surface area (Å²) in [5.41, 5.74) is -0.517. The summed E-state index contributed by atoms with van der Waals surface area (Å²) in [6, 6.07) is 0. The molecule has 2 rings (SSSR count). The Morgan fingerprint density at radius 3 is 1.31 bits per heavy atom. The lowest BCUT2D eigenvalue weighted by molar-refractivity contribution is -0.141. The van der Waals surface area contributed by atoms with E-state index in [1.165, 1.54) is 9.80 Å². The fourth-order valence-corrected chi connectivity index (χ4v) is 3.78. The molecular formula is C20H32N2O4. The van der Waals surface area contributed by atoms with Crippen molar-refractivity contribution in [2.45, 2.75) is 61.3 Å². The zero-order valence-electron chi connectivity index (χ0n) is 17.1. The monoisotopic (exact) mass is 364 g/mol. The van der Waals surface area contributed by atoms with E-state index in [4.69, 9.17) is 0 Å². The van der Waals surface area contributed by atoms with E-state index in [0.717, 1.165) is 0 Å². The maximum atomic E-state index is 12.6. The standard InChI is InChI=1S/C20H32N2O4/c1-12(10-21-15(23)8-13(17(21)25)19(2,3)4)11-22-16(24)9-14(18(22)26)20(5,6)7/h12-14H,8-11H2,1-7H3. The van der Waals surface area contributed by atoms with Crippen molar-refractivity contribution < 1.29 is 19.2 Å². The number of carbonyl (C=O) groups is 4. The van der Waals surface area contributed by atoms with Crippen LogP contribution in [0, 0.1) is 28.6 Å². The molecule has 2 heterocycles. The van der Waals surface area contributed by atoms with Crippen LogP contribution in [-0.2, 0) is 19.2 Å². The molecule has 0 aliphatic carbocycles. The molecule has 6 nitrogen and oxygen atoms in total. The van der Waals surface area contributed by atoms with Crippen LogP contribution in [0.2, 0.25) is 0 Å². The lowest BCUT2D eigenvalue weighted by atomic mass is 9.80. The van der Waals surface area contributed by atoms with Crippen LogP contribution < -0.4 is 0 Å². The van der Waals surface area contributed by atoms with Crippen LogP contribution in [0.25, 0.3) is 0 Å². The molecule has 0 bridgehead atoms. The number of carbonyl (C=O) groups excluding carboxylic acids is 4. The van der Waals surface area contributed by atoms with Gasteiger partial charge in [0.1, 0.15) is 0 Å². The van der Waals surface area contributed by atoms with Gasteiger partial charge in [0.2, 0.25) is 23.6 Å². The smallest absolute Gasteiger partial charge is 0.233 e. The topological polar surface area (TPSA) is 74.8 Å². The molecule has 0 aromatic heterocycles. The number of rotatable bonds is 4. The largest absolute Gasteiger partial charge is 0.282 e. The fraction of sp³-hybridized carbons (Fsp3) is 0.800. The van der Waals surface area contributed by atoms with E-state index >= 15 is 0 Å². The maximum absolute atomic E-state index is 12.6. The Morgan fingerprint density at radius 1 is 0.769 bits per heavy atom. The van der Waals surface area contributed by atoms with Gasteiger partial charge in [0, 0.05) is 25.9 Å². The third-order valence-electron chi connectivity index (χ3n) is 5.57. The van der Waals surface area contributed by atoms with Gasteiger partial charge in [0.15, 0.2) is 0 Å². The number of nitrogens with zero attached hydrogens (tertiary/aromatic N) is 2. The van der Waals surface area contributed by atoms with Crippen LogP contribution in [-0.4, -0.2) is 46.5 Å². The quantitative estimate of drug-likeness (QED) is 0.718. The van der Waals surface area contributed by atoms with Gasteiger partial charge in [-0.2, -0.15) is 0 Å². The zero-order valence-corrected chi connectivity index (χ0v) is 17.1. The molecule has 4 amide bonds. The van der Waals surface area contributed by atoms with Crippen molar-refractivity contribution in [2.24, 2.45) is 28.6 Å². The minimum absolute atomic E-state index is 0.138. The van der Waals surface area contributed by atoms with Gasteiger partial charge in [0.05, 0.1) is 11.8 Å². The van der Waals surface area contributed by atoms with Crippen LogP contribution in [0.5, 0.6) is 0 Å². The average molecular weight is 364 g/mol. The van der Waals surface area contributed by atoms with Crippen LogP contribution in [0.4, 0.5) is 0 Å². The van der Waals surface area contributed by atoms with E-state index in [9.17, 15) is 19.2 Å². The van der Waals surface area contributed by atoms with E-state index in [1.54, 1.807) is 0 Å². The van der Waals surface area contributed by atoms with Gasteiger partial charge in [-0.15, -0.1) is 0 Å². The predicted octanol–water partition coefficient (Wildman–Crippen LogP) is 2.46. The molecule has 2 unspecified atom stereocenters. The molecule has 6 heteroatoms. The lowest BCUT2D eigenvalue weighted by Crippen LogP contribution is -2.42. The predicted molar refractivity (Wildman–Crippen MR) is 97.7 cm³/mol. The van der Waals surface area contributed by atoms with Gasteiger partial charge in [-0.25, -0.2) is 0 Å². The summed E-state index contributed by atoms with van der Waals surface area (Å²) in [6.07, 6.45) is 0.478. The minimum Gasteiger partial charge on any atom is -0.282 e. The molecule has 26 heavy (non-hydrogen) atoms. The van der Waals surface area contributed by atoms with Crippen LogP contribution in [0.3, 0.4) is 0 Å². The van der Waals surface area contributed by atoms with E-state index in [0.29, 0.717) is 0 Å². The molecule has 0 spiro atoms. The summed E-state index contributed by atoms with van der Waals surface area (Å²) in [4.78, 5) is 52.4. The minimum atomic E-state index is -0.303. The third kappa shape index (κ3) is 3.99. The van der Waals surface area contributed by atoms with Crippen molar-refractivity contribution in [3.63, 3.8) is 0 Å². The summed E-state index contributed by atoms with van der Waals surface area (Å²) in [5.74, 6) is -1.35. The summed E-state index contributed by atoms with van der Waals surface area (Å²) in [6.45, 7) is 14.1. The molecule has 2 saturated heterocycles. The van der Waals surface area contributed by atoms with Gasteiger partial charge >= 0.3 is 0 Å². The van der Waals surface area contributed by atoms with Crippen molar-refractivity contribution in [1.82, 2.24) is 9.80 Å². The van der Waals surface area contributed by atoms with E-state index in [1.807, 2.05) is 48.5 Å². The van der Waals surface area contributed by atoms with Gasteiger partial charge < -0.3 is 0 Å². The van der Waals surface area contributed by atoms with Gasteiger partial charge in [0.25, 0.3) is 0 Å². The molecule has 146 valence electrons. The second-order valence-corrected chi connectivity index (χ2v) is 10.0. The Morgan fingerprint density at radius 2 is 1.08 bits per heavy atom. The van der Waals surface area contributed by atoms with Crippen molar-refractivity contribution >= 4 is 23.6 Å². The van der Waals surface area contributed by atoms with Crippen LogP contribution in [0.15, 0.2) is 0 Å². The highest BCUT2D eigenvalue weighted by molar-refractivity contribution is 6.04. The maximum Gasteiger partial charge on any atom is 0.233 e. The SMILES string of the molecule is CC(CN1C(=O)CC(C(C)(C)C)C1=O)CN1C(=O)CC(C(C)(C)C)C1=O. The Balaban J connectivity index is 2.02. The summed E-state index contributed by atoms with van der Waals surface area (Å²) >= 11 is 0. The number of likely N-dealkylation sites (tertiary alicyclic amines) is 2. The van der Waals surface area contributed by atoms with E-state index in [-0.39, 0.29) is 78.1 Å². The highest BCUT2D eigenvalue weighted by Gasteiger charge is 2.47. The Kier molecular flexibility index (Phi) is 5.37. The molecule has 0 saturated carbocycles.